The molecule has 0 aliphatic rings. The second-order valence-electron chi connectivity index (χ2n) is 4.32. The first kappa shape index (κ1) is 14.1. The van der Waals surface area contributed by atoms with Crippen LogP contribution in [0, 0.1) is 5.82 Å². The van der Waals surface area contributed by atoms with Gasteiger partial charge in [0, 0.05) is 11.0 Å². The Morgan fingerprint density at radius 3 is 3.05 bits per heavy atom. The summed E-state index contributed by atoms with van der Waals surface area (Å²) in [5.74, 6) is -0.247. The fourth-order valence-corrected chi connectivity index (χ4v) is 2.10. The summed E-state index contributed by atoms with van der Waals surface area (Å²) in [5.41, 5.74) is 1.74. The first-order valence-corrected chi connectivity index (χ1v) is 7.02. The summed E-state index contributed by atoms with van der Waals surface area (Å²) in [4.78, 5) is 0. The van der Waals surface area contributed by atoms with Crippen molar-refractivity contribution in [3.63, 3.8) is 0 Å². The van der Waals surface area contributed by atoms with Crippen LogP contribution in [-0.2, 0) is 13.1 Å². The van der Waals surface area contributed by atoms with Gasteiger partial charge in [-0.1, -0.05) is 28.1 Å². The zero-order valence-electron chi connectivity index (χ0n) is 10.7. The Balaban J connectivity index is 2.01. The molecule has 6 heteroatoms. The van der Waals surface area contributed by atoms with E-state index in [1.165, 1.54) is 12.1 Å². The molecule has 0 amide bonds. The topological polar surface area (TPSA) is 42.7 Å². The van der Waals surface area contributed by atoms with Gasteiger partial charge in [0.2, 0.25) is 0 Å². The second-order valence-corrected chi connectivity index (χ2v) is 5.17. The minimum atomic E-state index is -0.247. The van der Waals surface area contributed by atoms with Gasteiger partial charge in [-0.05, 0) is 36.7 Å². The van der Waals surface area contributed by atoms with Gasteiger partial charge in [0.1, 0.15) is 5.82 Å². The number of halogens is 2. The van der Waals surface area contributed by atoms with E-state index in [0.717, 1.165) is 28.7 Å². The van der Waals surface area contributed by atoms with Gasteiger partial charge in [0.15, 0.2) is 0 Å². The number of nitrogens with one attached hydrogen (secondary N) is 1. The summed E-state index contributed by atoms with van der Waals surface area (Å²) in [6, 6.07) is 4.63. The molecule has 1 N–H and O–H groups in total. The van der Waals surface area contributed by atoms with Crippen molar-refractivity contribution >= 4 is 15.9 Å². The molecule has 1 aromatic carbocycles. The normalized spacial score (nSPS) is 10.9. The summed E-state index contributed by atoms with van der Waals surface area (Å²) in [7, 11) is 0. The number of hydrogen-bond acceptors (Lipinski definition) is 3. The maximum atomic E-state index is 13.2. The number of nitrogens with zero attached hydrogens (tertiary/aromatic N) is 3. The third-order valence-corrected chi connectivity index (χ3v) is 3.43. The molecule has 19 heavy (non-hydrogen) atoms. The molecule has 1 aromatic heterocycles. The van der Waals surface area contributed by atoms with Crippen molar-refractivity contribution in [1.82, 2.24) is 20.3 Å². The third-order valence-electron chi connectivity index (χ3n) is 2.66. The summed E-state index contributed by atoms with van der Waals surface area (Å²) in [6.45, 7) is 4.28. The third kappa shape index (κ3) is 4.11. The lowest BCUT2D eigenvalue weighted by Gasteiger charge is -2.04. The standard InChI is InChI=1S/C13H16BrFN4/c1-2-5-16-7-12-9-19(18-17-12)8-10-6-11(15)3-4-13(10)14/h3-4,6,9,16H,2,5,7-8H2,1H3. The van der Waals surface area contributed by atoms with Crippen molar-refractivity contribution in [1.29, 1.82) is 0 Å². The Bertz CT molecular complexity index is 541. The average molecular weight is 327 g/mol. The summed E-state index contributed by atoms with van der Waals surface area (Å²) >= 11 is 3.41. The van der Waals surface area contributed by atoms with Crippen LogP contribution in [0.1, 0.15) is 24.6 Å². The number of hydrogen-bond donors (Lipinski definition) is 1. The van der Waals surface area contributed by atoms with E-state index < -0.39 is 0 Å². The van der Waals surface area contributed by atoms with Crippen molar-refractivity contribution in [3.05, 3.63) is 45.9 Å². The van der Waals surface area contributed by atoms with Gasteiger partial charge in [0.05, 0.1) is 18.4 Å². The first-order valence-electron chi connectivity index (χ1n) is 6.22. The minimum Gasteiger partial charge on any atom is -0.311 e. The molecule has 0 atom stereocenters. The van der Waals surface area contributed by atoms with E-state index in [4.69, 9.17) is 0 Å². The lowest BCUT2D eigenvalue weighted by molar-refractivity contribution is 0.612. The lowest BCUT2D eigenvalue weighted by Crippen LogP contribution is -2.13. The molecule has 0 radical (unpaired) electrons. The van der Waals surface area contributed by atoms with E-state index in [1.807, 2.05) is 6.20 Å². The summed E-state index contributed by atoms with van der Waals surface area (Å²) < 4.78 is 15.8. The van der Waals surface area contributed by atoms with Gasteiger partial charge in [-0.15, -0.1) is 5.10 Å². The molecule has 0 unspecified atom stereocenters. The van der Waals surface area contributed by atoms with Crippen LogP contribution >= 0.6 is 15.9 Å². The fraction of sp³-hybridized carbons (Fsp3) is 0.385. The molecule has 2 aromatic rings. The molecule has 0 saturated heterocycles. The molecule has 0 aliphatic heterocycles. The number of rotatable bonds is 6. The van der Waals surface area contributed by atoms with E-state index in [0.29, 0.717) is 13.1 Å². The Kier molecular flexibility index (Phi) is 5.04. The Hall–Kier alpha value is -1.27. The largest absolute Gasteiger partial charge is 0.311 e. The highest BCUT2D eigenvalue weighted by Crippen LogP contribution is 2.18. The van der Waals surface area contributed by atoms with Crippen LogP contribution in [0.25, 0.3) is 0 Å². The van der Waals surface area contributed by atoms with Crippen LogP contribution in [-0.4, -0.2) is 21.5 Å². The van der Waals surface area contributed by atoms with Gasteiger partial charge in [-0.3, -0.25) is 0 Å². The highest BCUT2D eigenvalue weighted by molar-refractivity contribution is 9.10. The first-order chi connectivity index (χ1) is 9.19. The van der Waals surface area contributed by atoms with Crippen LogP contribution in [0.5, 0.6) is 0 Å². The molecule has 0 saturated carbocycles. The lowest BCUT2D eigenvalue weighted by atomic mass is 10.2. The van der Waals surface area contributed by atoms with Gasteiger partial charge in [0.25, 0.3) is 0 Å². The Morgan fingerprint density at radius 1 is 1.42 bits per heavy atom. The zero-order chi connectivity index (χ0) is 13.7. The van der Waals surface area contributed by atoms with Crippen LogP contribution in [0.3, 0.4) is 0 Å². The molecule has 2 rings (SSSR count). The highest BCUT2D eigenvalue weighted by atomic mass is 79.9. The predicted octanol–water partition coefficient (Wildman–Crippen LogP) is 2.73. The molecule has 0 bridgehead atoms. The van der Waals surface area contributed by atoms with Gasteiger partial charge in [-0.2, -0.15) is 0 Å². The van der Waals surface area contributed by atoms with Crippen molar-refractivity contribution in [3.8, 4) is 0 Å². The number of aromatic nitrogens is 3. The minimum absolute atomic E-state index is 0.247. The predicted molar refractivity (Wildman–Crippen MR) is 75.2 cm³/mol. The van der Waals surface area contributed by atoms with Gasteiger partial charge < -0.3 is 5.32 Å². The molecule has 0 aliphatic carbocycles. The van der Waals surface area contributed by atoms with Crippen molar-refractivity contribution < 1.29 is 4.39 Å². The quantitative estimate of drug-likeness (QED) is 0.830. The second kappa shape index (κ2) is 6.77. The van der Waals surface area contributed by atoms with E-state index in [9.17, 15) is 4.39 Å². The highest BCUT2D eigenvalue weighted by Gasteiger charge is 2.05. The maximum absolute atomic E-state index is 13.2. The van der Waals surface area contributed by atoms with E-state index in [-0.39, 0.29) is 5.82 Å². The fourth-order valence-electron chi connectivity index (χ4n) is 1.73. The van der Waals surface area contributed by atoms with E-state index >= 15 is 0 Å². The zero-order valence-corrected chi connectivity index (χ0v) is 12.3. The maximum Gasteiger partial charge on any atom is 0.123 e. The van der Waals surface area contributed by atoms with Crippen molar-refractivity contribution in [2.45, 2.75) is 26.4 Å². The van der Waals surface area contributed by atoms with Crippen LogP contribution in [0.15, 0.2) is 28.9 Å². The Labute approximate surface area is 120 Å². The van der Waals surface area contributed by atoms with Crippen LogP contribution in [0.2, 0.25) is 0 Å². The monoisotopic (exact) mass is 326 g/mol. The van der Waals surface area contributed by atoms with E-state index in [1.54, 1.807) is 10.7 Å². The molecule has 1 heterocycles. The van der Waals surface area contributed by atoms with Crippen molar-refractivity contribution in [2.75, 3.05) is 6.54 Å². The van der Waals surface area contributed by atoms with Crippen LogP contribution < -0.4 is 5.32 Å². The molecule has 0 spiro atoms. The molecular formula is C13H16BrFN4. The van der Waals surface area contributed by atoms with Crippen molar-refractivity contribution in [2.24, 2.45) is 0 Å². The van der Waals surface area contributed by atoms with Crippen LogP contribution in [0.4, 0.5) is 4.39 Å². The summed E-state index contributed by atoms with van der Waals surface area (Å²) in [5, 5.41) is 11.4. The SMILES string of the molecule is CCCNCc1cn(Cc2cc(F)ccc2Br)nn1. The molecule has 0 fully saturated rings. The molecular weight excluding hydrogens is 311 g/mol. The molecule has 102 valence electrons. The van der Waals surface area contributed by atoms with Gasteiger partial charge in [-0.25, -0.2) is 9.07 Å². The Morgan fingerprint density at radius 2 is 2.26 bits per heavy atom. The molecule has 4 nitrogen and oxygen atoms in total. The average Bonchev–Trinajstić information content (AvgIpc) is 2.82. The smallest absolute Gasteiger partial charge is 0.123 e. The summed E-state index contributed by atoms with van der Waals surface area (Å²) in [6.07, 6.45) is 2.96. The van der Waals surface area contributed by atoms with E-state index in [2.05, 4.69) is 38.5 Å². The number of benzene rings is 1. The van der Waals surface area contributed by atoms with Gasteiger partial charge >= 0.3 is 0 Å².